The van der Waals surface area contributed by atoms with Gasteiger partial charge in [0.2, 0.25) is 0 Å². The highest BCUT2D eigenvalue weighted by atomic mass is 19.1. The van der Waals surface area contributed by atoms with Crippen LogP contribution in [0.1, 0.15) is 22.7 Å². The van der Waals surface area contributed by atoms with E-state index in [4.69, 9.17) is 9.47 Å². The lowest BCUT2D eigenvalue weighted by Gasteiger charge is -2.26. The number of hydrogen-bond acceptors (Lipinski definition) is 6. The number of carbonyl (C=O) groups is 2. The molecule has 1 aliphatic heterocycles. The summed E-state index contributed by atoms with van der Waals surface area (Å²) in [6, 6.07) is 12.9. The van der Waals surface area contributed by atoms with Gasteiger partial charge in [-0.2, -0.15) is 0 Å². The zero-order chi connectivity index (χ0) is 23.5. The first-order chi connectivity index (χ1) is 16.0. The van der Waals surface area contributed by atoms with E-state index in [0.29, 0.717) is 5.56 Å². The molecule has 0 aliphatic carbocycles. The molecule has 1 N–H and O–H groups in total. The fourth-order valence-corrected chi connectivity index (χ4v) is 3.97. The molecule has 0 radical (unpaired) electrons. The zero-order valence-corrected chi connectivity index (χ0v) is 18.0. The van der Waals surface area contributed by atoms with Crippen molar-refractivity contribution < 1.29 is 28.6 Å². The third kappa shape index (κ3) is 3.91. The maximum absolute atomic E-state index is 14.9. The molecule has 33 heavy (non-hydrogen) atoms. The lowest BCUT2D eigenvalue weighted by atomic mass is 9.94. The number of aromatic nitrogens is 1. The molecule has 7 nitrogen and oxygen atoms in total. The van der Waals surface area contributed by atoms with Gasteiger partial charge in [0.15, 0.2) is 0 Å². The van der Waals surface area contributed by atoms with E-state index in [1.165, 1.54) is 37.3 Å². The van der Waals surface area contributed by atoms with Gasteiger partial charge in [-0.1, -0.05) is 30.3 Å². The van der Waals surface area contributed by atoms with Crippen LogP contribution >= 0.6 is 0 Å². The summed E-state index contributed by atoms with van der Waals surface area (Å²) in [4.78, 5) is 31.5. The molecule has 1 unspecified atom stereocenters. The van der Waals surface area contributed by atoms with Gasteiger partial charge >= 0.3 is 0 Å². The summed E-state index contributed by atoms with van der Waals surface area (Å²) in [5.41, 5.74) is 0.576. The molecule has 1 aromatic heterocycles. The van der Waals surface area contributed by atoms with Gasteiger partial charge in [0.05, 0.1) is 25.8 Å². The van der Waals surface area contributed by atoms with Gasteiger partial charge in [-0.05, 0) is 29.8 Å². The monoisotopic (exact) mass is 448 g/mol. The predicted octanol–water partition coefficient (Wildman–Crippen LogP) is 3.86. The average molecular weight is 448 g/mol. The molecule has 2 heterocycles. The van der Waals surface area contributed by atoms with Crippen molar-refractivity contribution >= 4 is 17.4 Å². The molecule has 1 atom stereocenters. The highest BCUT2D eigenvalue weighted by Gasteiger charge is 2.47. The average Bonchev–Trinajstić information content (AvgIpc) is 3.08. The van der Waals surface area contributed by atoms with Crippen LogP contribution in [-0.4, -0.2) is 40.9 Å². The Labute approximate surface area is 189 Å². The highest BCUT2D eigenvalue weighted by molar-refractivity contribution is 6.46. The van der Waals surface area contributed by atoms with Crippen LogP contribution in [0.15, 0.2) is 72.6 Å². The van der Waals surface area contributed by atoms with Gasteiger partial charge in [-0.15, -0.1) is 0 Å². The predicted molar refractivity (Wildman–Crippen MR) is 118 cm³/mol. The van der Waals surface area contributed by atoms with E-state index in [2.05, 4.69) is 4.98 Å². The number of aliphatic hydroxyl groups is 1. The fourth-order valence-electron chi connectivity index (χ4n) is 3.97. The zero-order valence-electron chi connectivity index (χ0n) is 18.0. The molecule has 0 spiro atoms. The molecule has 2 aromatic carbocycles. The summed E-state index contributed by atoms with van der Waals surface area (Å²) in [7, 11) is 2.81. The third-order valence-corrected chi connectivity index (χ3v) is 5.48. The fraction of sp³-hybridized carbons (Fsp3) is 0.160. The minimum absolute atomic E-state index is 0.00272. The van der Waals surface area contributed by atoms with Gasteiger partial charge in [-0.3, -0.25) is 14.6 Å². The molecular formula is C25H21FN2O5. The van der Waals surface area contributed by atoms with Crippen molar-refractivity contribution in [3.8, 4) is 11.5 Å². The summed E-state index contributed by atoms with van der Waals surface area (Å²) >= 11 is 0. The number of aliphatic hydroxyl groups excluding tert-OH is 1. The third-order valence-electron chi connectivity index (χ3n) is 5.48. The number of ketones is 1. The number of rotatable bonds is 6. The summed E-state index contributed by atoms with van der Waals surface area (Å²) in [6.45, 7) is -0.00272. The Bertz CT molecular complexity index is 1220. The molecule has 3 aromatic rings. The number of Topliss-reactive ketones (excluding diaryl/α,β-unsaturated/α-hetero) is 1. The van der Waals surface area contributed by atoms with Crippen LogP contribution in [0, 0.1) is 5.82 Å². The number of hydrogen-bond donors (Lipinski definition) is 1. The van der Waals surface area contributed by atoms with Gasteiger partial charge in [-0.25, -0.2) is 4.39 Å². The van der Waals surface area contributed by atoms with Crippen LogP contribution in [0.2, 0.25) is 0 Å². The van der Waals surface area contributed by atoms with Crippen LogP contribution < -0.4 is 9.47 Å². The molecule has 8 heteroatoms. The van der Waals surface area contributed by atoms with Crippen LogP contribution in [-0.2, 0) is 16.1 Å². The van der Waals surface area contributed by atoms with Gasteiger partial charge in [0.1, 0.15) is 28.6 Å². The number of amides is 1. The van der Waals surface area contributed by atoms with Crippen LogP contribution in [0.5, 0.6) is 11.5 Å². The van der Waals surface area contributed by atoms with E-state index in [9.17, 15) is 19.1 Å². The molecule has 1 fully saturated rings. The Hall–Kier alpha value is -4.20. The minimum Gasteiger partial charge on any atom is -0.506 e. The number of benzene rings is 2. The van der Waals surface area contributed by atoms with Gasteiger partial charge in [0.25, 0.3) is 11.7 Å². The molecule has 0 saturated carbocycles. The number of halogens is 1. The normalized spacial score (nSPS) is 17.3. The van der Waals surface area contributed by atoms with Gasteiger partial charge in [0, 0.05) is 24.5 Å². The van der Waals surface area contributed by atoms with E-state index >= 15 is 0 Å². The maximum Gasteiger partial charge on any atom is 0.295 e. The largest absolute Gasteiger partial charge is 0.506 e. The second kappa shape index (κ2) is 9.12. The van der Waals surface area contributed by atoms with Crippen molar-refractivity contribution in [1.29, 1.82) is 0 Å². The maximum atomic E-state index is 14.9. The Balaban J connectivity index is 1.96. The first-order valence-electron chi connectivity index (χ1n) is 10.1. The standard InChI is InChI=1S/C25H21FN2O5/c1-32-18-10-5-11-19(33-2)20(18)23(29)21-22(16-8-3-4-9-17(16)26)28(25(31)24(21)30)14-15-7-6-12-27-13-15/h3-13,22,29H,14H2,1-2H3/b23-21+. The summed E-state index contributed by atoms with van der Waals surface area (Å²) in [6.07, 6.45) is 3.14. The lowest BCUT2D eigenvalue weighted by Crippen LogP contribution is -2.29. The molecule has 4 rings (SSSR count). The molecule has 1 amide bonds. The number of nitrogens with zero attached hydrogens (tertiary/aromatic N) is 2. The van der Waals surface area contributed by atoms with Crippen molar-refractivity contribution in [3.63, 3.8) is 0 Å². The Kier molecular flexibility index (Phi) is 6.08. The topological polar surface area (TPSA) is 89.0 Å². The summed E-state index contributed by atoms with van der Waals surface area (Å²) < 4.78 is 25.6. The number of ether oxygens (including phenoxy) is 2. The van der Waals surface area contributed by atoms with Crippen LogP contribution in [0.25, 0.3) is 5.76 Å². The SMILES string of the molecule is COc1cccc(OC)c1/C(O)=C1\C(=O)C(=O)N(Cc2cccnc2)C1c1ccccc1F. The van der Waals surface area contributed by atoms with E-state index in [0.717, 1.165) is 0 Å². The van der Waals surface area contributed by atoms with Crippen molar-refractivity contribution in [2.45, 2.75) is 12.6 Å². The van der Waals surface area contributed by atoms with Gasteiger partial charge < -0.3 is 19.5 Å². The molecule has 1 aliphatic rings. The number of pyridine rings is 1. The number of carbonyl (C=O) groups excluding carboxylic acids is 2. The number of likely N-dealkylation sites (tertiary alicyclic amines) is 1. The highest BCUT2D eigenvalue weighted by Crippen LogP contribution is 2.44. The van der Waals surface area contributed by atoms with E-state index in [1.54, 1.807) is 48.8 Å². The molecule has 0 bridgehead atoms. The smallest absolute Gasteiger partial charge is 0.295 e. The van der Waals surface area contributed by atoms with Crippen molar-refractivity contribution in [1.82, 2.24) is 9.88 Å². The molecule has 1 saturated heterocycles. The summed E-state index contributed by atoms with van der Waals surface area (Å²) in [5, 5.41) is 11.3. The summed E-state index contributed by atoms with van der Waals surface area (Å²) in [5.74, 6) is -2.45. The van der Waals surface area contributed by atoms with Crippen LogP contribution in [0.4, 0.5) is 4.39 Å². The first-order valence-corrected chi connectivity index (χ1v) is 10.1. The first kappa shape index (κ1) is 22.0. The number of methoxy groups -OCH3 is 2. The quantitative estimate of drug-likeness (QED) is 0.350. The van der Waals surface area contributed by atoms with E-state index in [1.807, 2.05) is 0 Å². The second-order valence-corrected chi connectivity index (χ2v) is 7.35. The molecular weight excluding hydrogens is 427 g/mol. The Morgan fingerprint density at radius 1 is 1.03 bits per heavy atom. The van der Waals surface area contributed by atoms with E-state index < -0.39 is 29.3 Å². The lowest BCUT2D eigenvalue weighted by molar-refractivity contribution is -0.140. The van der Waals surface area contributed by atoms with Crippen LogP contribution in [0.3, 0.4) is 0 Å². The van der Waals surface area contributed by atoms with Crippen molar-refractivity contribution in [3.05, 3.63) is 95.1 Å². The second-order valence-electron chi connectivity index (χ2n) is 7.35. The minimum atomic E-state index is -1.17. The van der Waals surface area contributed by atoms with E-state index in [-0.39, 0.29) is 34.7 Å². The molecule has 168 valence electrons. The van der Waals surface area contributed by atoms with Crippen molar-refractivity contribution in [2.24, 2.45) is 0 Å². The van der Waals surface area contributed by atoms with Crippen molar-refractivity contribution in [2.75, 3.05) is 14.2 Å². The Morgan fingerprint density at radius 2 is 1.73 bits per heavy atom. The Morgan fingerprint density at radius 3 is 2.33 bits per heavy atom.